The molecule has 0 spiro atoms. The fourth-order valence-corrected chi connectivity index (χ4v) is 2.26. The summed E-state index contributed by atoms with van der Waals surface area (Å²) < 4.78 is 27.4. The summed E-state index contributed by atoms with van der Waals surface area (Å²) in [7, 11) is 0. The molecule has 1 aromatic heterocycles. The van der Waals surface area contributed by atoms with Gasteiger partial charge in [-0.3, -0.25) is 14.6 Å². The lowest BCUT2D eigenvalue weighted by Gasteiger charge is -2.22. The highest BCUT2D eigenvalue weighted by Crippen LogP contribution is 2.13. The van der Waals surface area contributed by atoms with E-state index in [4.69, 9.17) is 0 Å². The van der Waals surface area contributed by atoms with Gasteiger partial charge in [0.2, 0.25) is 5.91 Å². The van der Waals surface area contributed by atoms with Gasteiger partial charge >= 0.3 is 0 Å². The van der Waals surface area contributed by atoms with E-state index in [0.717, 1.165) is 17.7 Å². The highest BCUT2D eigenvalue weighted by Gasteiger charge is 2.27. The molecule has 2 N–H and O–H groups in total. The maximum Gasteiger partial charge on any atom is 0.257 e. The predicted octanol–water partition coefficient (Wildman–Crippen LogP) is 2.43. The molecule has 25 heavy (non-hydrogen) atoms. The second-order valence-electron chi connectivity index (χ2n) is 5.87. The molecule has 1 atom stereocenters. The van der Waals surface area contributed by atoms with Crippen LogP contribution >= 0.6 is 0 Å². The smallest absolute Gasteiger partial charge is 0.257 e. The zero-order valence-corrected chi connectivity index (χ0v) is 13.9. The lowest BCUT2D eigenvalue weighted by Crippen LogP contribution is -2.49. The summed E-state index contributed by atoms with van der Waals surface area (Å²) in [5.74, 6) is -3.61. The molecule has 0 aliphatic rings. The molecule has 0 bridgehead atoms. The summed E-state index contributed by atoms with van der Waals surface area (Å²) in [5, 5.41) is 5.10. The Balaban J connectivity index is 2.07. The van der Waals surface area contributed by atoms with Gasteiger partial charge in [0.15, 0.2) is 0 Å². The second kappa shape index (κ2) is 8.32. The van der Waals surface area contributed by atoms with Crippen molar-refractivity contribution in [2.24, 2.45) is 5.92 Å². The molecule has 7 heteroatoms. The minimum absolute atomic E-state index is 0.258. The molecule has 0 fully saturated rings. The summed E-state index contributed by atoms with van der Waals surface area (Å²) in [5.41, 5.74) is 0.146. The van der Waals surface area contributed by atoms with Crippen molar-refractivity contribution in [2.45, 2.75) is 26.4 Å². The number of nitrogens with zero attached hydrogens (tertiary/aromatic N) is 1. The van der Waals surface area contributed by atoms with E-state index in [1.807, 2.05) is 0 Å². The van der Waals surface area contributed by atoms with Gasteiger partial charge < -0.3 is 10.6 Å². The summed E-state index contributed by atoms with van der Waals surface area (Å²) >= 11 is 0. The van der Waals surface area contributed by atoms with E-state index in [1.54, 1.807) is 38.4 Å². The molecule has 2 amide bonds. The molecule has 1 aromatic carbocycles. The van der Waals surface area contributed by atoms with E-state index in [2.05, 4.69) is 15.6 Å². The normalized spacial score (nSPS) is 11.9. The molecule has 0 radical (unpaired) electrons. The number of carbonyl (C=O) groups excluding carboxylic acids is 2. The fourth-order valence-electron chi connectivity index (χ4n) is 2.26. The Bertz CT molecular complexity index is 731. The SMILES string of the molecule is CC(C)[C@H](NC(=O)c1c(F)cccc1F)C(=O)NCc1ccncc1. The monoisotopic (exact) mass is 347 g/mol. The van der Waals surface area contributed by atoms with E-state index >= 15 is 0 Å². The first-order valence-electron chi connectivity index (χ1n) is 7.81. The topological polar surface area (TPSA) is 71.1 Å². The number of hydrogen-bond donors (Lipinski definition) is 2. The Kier molecular flexibility index (Phi) is 6.16. The summed E-state index contributed by atoms with van der Waals surface area (Å²) in [6, 6.07) is 5.73. The van der Waals surface area contributed by atoms with E-state index in [9.17, 15) is 18.4 Å². The molecule has 0 unspecified atom stereocenters. The van der Waals surface area contributed by atoms with Gasteiger partial charge in [0, 0.05) is 18.9 Å². The van der Waals surface area contributed by atoms with Crippen molar-refractivity contribution in [3.63, 3.8) is 0 Å². The zero-order valence-electron chi connectivity index (χ0n) is 13.9. The van der Waals surface area contributed by atoms with Gasteiger partial charge in [-0.1, -0.05) is 19.9 Å². The van der Waals surface area contributed by atoms with Gasteiger partial charge in [-0.25, -0.2) is 8.78 Å². The van der Waals surface area contributed by atoms with Crippen LogP contribution in [0.5, 0.6) is 0 Å². The number of benzene rings is 1. The van der Waals surface area contributed by atoms with Gasteiger partial charge in [-0.15, -0.1) is 0 Å². The van der Waals surface area contributed by atoms with Gasteiger partial charge in [0.05, 0.1) is 0 Å². The highest BCUT2D eigenvalue weighted by molar-refractivity contribution is 5.98. The van der Waals surface area contributed by atoms with Crippen LogP contribution in [0.3, 0.4) is 0 Å². The number of nitrogens with one attached hydrogen (secondary N) is 2. The van der Waals surface area contributed by atoms with Crippen molar-refractivity contribution < 1.29 is 18.4 Å². The average molecular weight is 347 g/mol. The minimum atomic E-state index is -0.975. The second-order valence-corrected chi connectivity index (χ2v) is 5.87. The lowest BCUT2D eigenvalue weighted by atomic mass is 10.0. The minimum Gasteiger partial charge on any atom is -0.350 e. The van der Waals surface area contributed by atoms with E-state index < -0.39 is 35.1 Å². The molecule has 0 aliphatic carbocycles. The Labute approximate surface area is 144 Å². The van der Waals surface area contributed by atoms with E-state index in [0.29, 0.717) is 0 Å². The molecule has 0 saturated heterocycles. The van der Waals surface area contributed by atoms with Gasteiger partial charge in [0.25, 0.3) is 5.91 Å². The fraction of sp³-hybridized carbons (Fsp3) is 0.278. The van der Waals surface area contributed by atoms with Crippen LogP contribution in [0.1, 0.15) is 29.8 Å². The summed E-state index contributed by atoms with van der Waals surface area (Å²) in [6.45, 7) is 3.72. The van der Waals surface area contributed by atoms with E-state index in [-0.39, 0.29) is 12.5 Å². The molecule has 5 nitrogen and oxygen atoms in total. The van der Waals surface area contributed by atoms with E-state index in [1.165, 1.54) is 6.07 Å². The number of pyridine rings is 1. The number of rotatable bonds is 6. The lowest BCUT2D eigenvalue weighted by molar-refractivity contribution is -0.124. The molecule has 1 heterocycles. The van der Waals surface area contributed by atoms with Crippen molar-refractivity contribution in [1.82, 2.24) is 15.6 Å². The van der Waals surface area contributed by atoms with Crippen LogP contribution in [0.25, 0.3) is 0 Å². The third-order valence-corrected chi connectivity index (χ3v) is 3.64. The van der Waals surface area contributed by atoms with Gasteiger partial charge in [-0.05, 0) is 35.7 Å². The van der Waals surface area contributed by atoms with Crippen LogP contribution in [0, 0.1) is 17.6 Å². The van der Waals surface area contributed by atoms with Crippen LogP contribution in [0.4, 0.5) is 8.78 Å². The number of carbonyl (C=O) groups is 2. The molecule has 0 saturated carbocycles. The number of aromatic nitrogens is 1. The standard InChI is InChI=1S/C18H19F2N3O2/c1-11(2)16(18(25)22-10-12-6-8-21-9-7-12)23-17(24)15-13(19)4-3-5-14(15)20/h3-9,11,16H,10H2,1-2H3,(H,22,25)(H,23,24)/t16-/m0/s1. The Morgan fingerprint density at radius 2 is 1.68 bits per heavy atom. The van der Waals surface area contributed by atoms with Crippen molar-refractivity contribution in [3.05, 3.63) is 65.5 Å². The molecule has 132 valence electrons. The first-order valence-corrected chi connectivity index (χ1v) is 7.81. The number of hydrogen-bond acceptors (Lipinski definition) is 3. The maximum absolute atomic E-state index is 13.7. The Morgan fingerprint density at radius 1 is 1.08 bits per heavy atom. The molecule has 0 aliphatic heterocycles. The number of halogens is 2. The van der Waals surface area contributed by atoms with Crippen molar-refractivity contribution >= 4 is 11.8 Å². The molecular formula is C18H19F2N3O2. The van der Waals surface area contributed by atoms with Crippen molar-refractivity contribution in [2.75, 3.05) is 0 Å². The zero-order chi connectivity index (χ0) is 18.4. The first kappa shape index (κ1) is 18.5. The third-order valence-electron chi connectivity index (χ3n) is 3.64. The van der Waals surface area contributed by atoms with Gasteiger partial charge in [-0.2, -0.15) is 0 Å². The highest BCUT2D eigenvalue weighted by atomic mass is 19.1. The summed E-state index contributed by atoms with van der Waals surface area (Å²) in [6.07, 6.45) is 3.20. The Hall–Kier alpha value is -2.83. The third kappa shape index (κ3) is 4.82. The maximum atomic E-state index is 13.7. The van der Waals surface area contributed by atoms with Gasteiger partial charge in [0.1, 0.15) is 23.2 Å². The van der Waals surface area contributed by atoms with Crippen LogP contribution in [-0.4, -0.2) is 22.8 Å². The molecule has 2 aromatic rings. The predicted molar refractivity (Wildman–Crippen MR) is 88.5 cm³/mol. The Morgan fingerprint density at radius 3 is 2.24 bits per heavy atom. The molecular weight excluding hydrogens is 328 g/mol. The first-order chi connectivity index (χ1) is 11.9. The molecule has 2 rings (SSSR count). The quantitative estimate of drug-likeness (QED) is 0.843. The van der Waals surface area contributed by atoms with Crippen LogP contribution in [0.2, 0.25) is 0 Å². The van der Waals surface area contributed by atoms with Crippen LogP contribution < -0.4 is 10.6 Å². The van der Waals surface area contributed by atoms with Crippen LogP contribution in [0.15, 0.2) is 42.7 Å². The largest absolute Gasteiger partial charge is 0.350 e. The van der Waals surface area contributed by atoms with Crippen molar-refractivity contribution in [3.8, 4) is 0 Å². The average Bonchev–Trinajstić information content (AvgIpc) is 2.58. The van der Waals surface area contributed by atoms with Crippen LogP contribution in [-0.2, 0) is 11.3 Å². The van der Waals surface area contributed by atoms with Crippen molar-refractivity contribution in [1.29, 1.82) is 0 Å². The number of amides is 2. The summed E-state index contributed by atoms with van der Waals surface area (Å²) in [4.78, 5) is 28.5.